The maximum absolute atomic E-state index is 5.61. The van der Waals surface area contributed by atoms with Gasteiger partial charge in [-0.2, -0.15) is 0 Å². The minimum Gasteiger partial charge on any atom is -0.377 e. The monoisotopic (exact) mass is 274 g/mol. The van der Waals surface area contributed by atoms with Crippen LogP contribution in [0, 0.1) is 0 Å². The van der Waals surface area contributed by atoms with Crippen LogP contribution >= 0.6 is 0 Å². The molecular weight excluding hydrogens is 244 g/mol. The van der Waals surface area contributed by atoms with Crippen molar-refractivity contribution in [3.63, 3.8) is 0 Å². The summed E-state index contributed by atoms with van der Waals surface area (Å²) in [6, 6.07) is 10.4. The summed E-state index contributed by atoms with van der Waals surface area (Å²) in [5, 5.41) is 0. The van der Waals surface area contributed by atoms with Crippen molar-refractivity contribution >= 4 is 6.08 Å². The molecule has 0 N–H and O–H groups in total. The maximum Gasteiger partial charge on any atom is 0.0650 e. The highest BCUT2D eigenvalue weighted by atomic mass is 16.5. The van der Waals surface area contributed by atoms with E-state index < -0.39 is 0 Å². The molecule has 0 atom stereocenters. The molecule has 0 aliphatic rings. The lowest BCUT2D eigenvalue weighted by Gasteiger charge is -2.02. The van der Waals surface area contributed by atoms with Crippen LogP contribution in [-0.2, 0) is 4.74 Å². The first-order chi connectivity index (χ1) is 9.93. The lowest BCUT2D eigenvalue weighted by atomic mass is 10.1. The predicted molar refractivity (Wildman–Crippen MR) is 88.9 cm³/mol. The lowest BCUT2D eigenvalue weighted by molar-refractivity contribution is 0.157. The SMILES string of the molecule is CCCCCCCCCCOC/C=C/c1ccccc1. The van der Waals surface area contributed by atoms with Gasteiger partial charge in [-0.15, -0.1) is 0 Å². The average molecular weight is 274 g/mol. The van der Waals surface area contributed by atoms with Gasteiger partial charge in [0, 0.05) is 6.61 Å². The van der Waals surface area contributed by atoms with Gasteiger partial charge < -0.3 is 4.74 Å². The molecule has 0 saturated carbocycles. The summed E-state index contributed by atoms with van der Waals surface area (Å²) in [5.74, 6) is 0. The van der Waals surface area contributed by atoms with Crippen LogP contribution in [0.25, 0.3) is 6.08 Å². The molecule has 0 saturated heterocycles. The van der Waals surface area contributed by atoms with E-state index in [0.717, 1.165) is 13.2 Å². The highest BCUT2D eigenvalue weighted by Crippen LogP contribution is 2.08. The first-order valence-corrected chi connectivity index (χ1v) is 8.23. The first-order valence-electron chi connectivity index (χ1n) is 8.23. The van der Waals surface area contributed by atoms with E-state index in [0.29, 0.717) is 0 Å². The molecule has 0 radical (unpaired) electrons. The molecule has 0 aromatic heterocycles. The van der Waals surface area contributed by atoms with E-state index in [1.807, 2.05) is 6.07 Å². The average Bonchev–Trinajstić information content (AvgIpc) is 2.49. The van der Waals surface area contributed by atoms with Crippen molar-refractivity contribution in [3.8, 4) is 0 Å². The molecule has 0 unspecified atom stereocenters. The molecule has 0 aliphatic carbocycles. The summed E-state index contributed by atoms with van der Waals surface area (Å²) in [6.45, 7) is 3.89. The minimum absolute atomic E-state index is 0.728. The van der Waals surface area contributed by atoms with Crippen LogP contribution < -0.4 is 0 Å². The van der Waals surface area contributed by atoms with Gasteiger partial charge in [0.25, 0.3) is 0 Å². The summed E-state index contributed by atoms with van der Waals surface area (Å²) in [5.41, 5.74) is 1.24. The Morgan fingerprint density at radius 3 is 2.20 bits per heavy atom. The molecule has 0 amide bonds. The molecule has 1 rings (SSSR count). The molecule has 112 valence electrons. The number of ether oxygens (including phenoxy) is 1. The summed E-state index contributed by atoms with van der Waals surface area (Å²) < 4.78 is 5.61. The molecule has 1 heteroatoms. The van der Waals surface area contributed by atoms with Gasteiger partial charge >= 0.3 is 0 Å². The molecule has 1 nitrogen and oxygen atoms in total. The number of hydrogen-bond donors (Lipinski definition) is 0. The van der Waals surface area contributed by atoms with Crippen LogP contribution in [0.1, 0.15) is 63.9 Å². The highest BCUT2D eigenvalue weighted by molar-refractivity contribution is 5.48. The standard InChI is InChI=1S/C19H30O/c1-2-3-4-5-6-7-8-12-17-20-18-13-16-19-14-10-9-11-15-19/h9-11,13-16H,2-8,12,17-18H2,1H3/b16-13+. The fourth-order valence-corrected chi connectivity index (χ4v) is 2.24. The Kier molecular flexibility index (Phi) is 11.0. The van der Waals surface area contributed by atoms with E-state index in [2.05, 4.69) is 43.3 Å². The van der Waals surface area contributed by atoms with Gasteiger partial charge in [0.15, 0.2) is 0 Å². The van der Waals surface area contributed by atoms with E-state index in [4.69, 9.17) is 4.74 Å². The van der Waals surface area contributed by atoms with Crippen molar-refractivity contribution in [2.24, 2.45) is 0 Å². The van der Waals surface area contributed by atoms with Crippen LogP contribution in [0.15, 0.2) is 36.4 Å². The Bertz CT molecular complexity index is 329. The van der Waals surface area contributed by atoms with Crippen molar-refractivity contribution in [1.82, 2.24) is 0 Å². The van der Waals surface area contributed by atoms with Crippen molar-refractivity contribution in [1.29, 1.82) is 0 Å². The Labute approximate surface area is 125 Å². The molecule has 1 aromatic carbocycles. The third-order valence-corrected chi connectivity index (χ3v) is 3.47. The van der Waals surface area contributed by atoms with Crippen LogP contribution in [0.4, 0.5) is 0 Å². The van der Waals surface area contributed by atoms with Crippen molar-refractivity contribution < 1.29 is 4.74 Å². The topological polar surface area (TPSA) is 9.23 Å². The van der Waals surface area contributed by atoms with Crippen molar-refractivity contribution in [2.45, 2.75) is 58.3 Å². The van der Waals surface area contributed by atoms with Gasteiger partial charge in [-0.3, -0.25) is 0 Å². The second-order valence-electron chi connectivity index (χ2n) is 5.36. The van der Waals surface area contributed by atoms with E-state index in [-0.39, 0.29) is 0 Å². The molecule has 0 heterocycles. The molecule has 20 heavy (non-hydrogen) atoms. The molecule has 0 bridgehead atoms. The molecular formula is C19H30O. The third kappa shape index (κ3) is 9.80. The van der Waals surface area contributed by atoms with Crippen molar-refractivity contribution in [2.75, 3.05) is 13.2 Å². The summed E-state index contributed by atoms with van der Waals surface area (Å²) >= 11 is 0. The summed E-state index contributed by atoms with van der Waals surface area (Å²) in [6.07, 6.45) is 15.1. The van der Waals surface area contributed by atoms with Gasteiger partial charge in [0.05, 0.1) is 6.61 Å². The lowest BCUT2D eigenvalue weighted by Crippen LogP contribution is -1.94. The van der Waals surface area contributed by atoms with E-state index >= 15 is 0 Å². The first kappa shape index (κ1) is 17.0. The van der Waals surface area contributed by atoms with E-state index in [1.54, 1.807) is 0 Å². The minimum atomic E-state index is 0.728. The second-order valence-corrected chi connectivity index (χ2v) is 5.36. The summed E-state index contributed by atoms with van der Waals surface area (Å²) in [7, 11) is 0. The number of benzene rings is 1. The molecule has 0 aliphatic heterocycles. The quantitative estimate of drug-likeness (QED) is 0.434. The zero-order valence-electron chi connectivity index (χ0n) is 13.0. The number of rotatable bonds is 12. The van der Waals surface area contributed by atoms with Crippen molar-refractivity contribution in [3.05, 3.63) is 42.0 Å². The maximum atomic E-state index is 5.61. The predicted octanol–water partition coefficient (Wildman–Crippen LogP) is 5.86. The highest BCUT2D eigenvalue weighted by Gasteiger charge is 1.91. The molecule has 0 spiro atoms. The zero-order valence-corrected chi connectivity index (χ0v) is 13.0. The number of hydrogen-bond acceptors (Lipinski definition) is 1. The van der Waals surface area contributed by atoms with Gasteiger partial charge in [-0.05, 0) is 12.0 Å². The van der Waals surface area contributed by atoms with Gasteiger partial charge in [-0.25, -0.2) is 0 Å². The number of unbranched alkanes of at least 4 members (excludes halogenated alkanes) is 7. The summed E-state index contributed by atoms with van der Waals surface area (Å²) in [4.78, 5) is 0. The van der Waals surface area contributed by atoms with Crippen LogP contribution in [0.5, 0.6) is 0 Å². The van der Waals surface area contributed by atoms with E-state index in [1.165, 1.54) is 56.9 Å². The largest absolute Gasteiger partial charge is 0.377 e. The second kappa shape index (κ2) is 12.9. The van der Waals surface area contributed by atoms with Crippen LogP contribution in [-0.4, -0.2) is 13.2 Å². The van der Waals surface area contributed by atoms with Gasteiger partial charge in [0.2, 0.25) is 0 Å². The fraction of sp³-hybridized carbons (Fsp3) is 0.579. The van der Waals surface area contributed by atoms with Crippen LogP contribution in [0.3, 0.4) is 0 Å². The Morgan fingerprint density at radius 2 is 1.50 bits per heavy atom. The smallest absolute Gasteiger partial charge is 0.0650 e. The van der Waals surface area contributed by atoms with E-state index in [9.17, 15) is 0 Å². The normalized spacial score (nSPS) is 11.2. The molecule has 1 aromatic rings. The van der Waals surface area contributed by atoms with Gasteiger partial charge in [-0.1, -0.05) is 94.4 Å². The third-order valence-electron chi connectivity index (χ3n) is 3.47. The molecule has 0 fully saturated rings. The zero-order chi connectivity index (χ0) is 14.3. The Balaban J connectivity index is 1.84. The Morgan fingerprint density at radius 1 is 0.850 bits per heavy atom. The van der Waals surface area contributed by atoms with Crippen LogP contribution in [0.2, 0.25) is 0 Å². The fourth-order valence-electron chi connectivity index (χ4n) is 2.24. The Hall–Kier alpha value is -1.08. The van der Waals surface area contributed by atoms with Gasteiger partial charge in [0.1, 0.15) is 0 Å².